The van der Waals surface area contributed by atoms with Crippen molar-refractivity contribution >= 4 is 41.2 Å². The van der Waals surface area contributed by atoms with Gasteiger partial charge in [0.25, 0.3) is 0 Å². The van der Waals surface area contributed by atoms with Gasteiger partial charge in [-0.05, 0) is 0 Å². The molecule has 0 atom stereocenters. The van der Waals surface area contributed by atoms with E-state index >= 15 is 0 Å². The Kier molecular flexibility index (Phi) is 8.13. The summed E-state index contributed by atoms with van der Waals surface area (Å²) in [4.78, 5) is 8.30. The number of hydrogen-bond donors (Lipinski definition) is 0. The van der Waals surface area contributed by atoms with E-state index in [1.807, 2.05) is 24.8 Å². The molecule has 24 heavy (non-hydrogen) atoms. The Balaban J connectivity index is 2.04. The van der Waals surface area contributed by atoms with Crippen molar-refractivity contribution in [1.82, 2.24) is 9.97 Å². The topological polar surface area (TPSA) is 25.8 Å². The van der Waals surface area contributed by atoms with Crippen LogP contribution in [0.15, 0.2) is 49.1 Å². The summed E-state index contributed by atoms with van der Waals surface area (Å²) in [6.45, 7) is 4.95. The first-order valence-corrected chi connectivity index (χ1v) is 17.0. The van der Waals surface area contributed by atoms with Gasteiger partial charge in [0.15, 0.2) is 0 Å². The molecule has 0 unspecified atom stereocenters. The van der Waals surface area contributed by atoms with Crippen LogP contribution in [0.3, 0.4) is 0 Å². The first kappa shape index (κ1) is 20.3. The van der Waals surface area contributed by atoms with Crippen molar-refractivity contribution in [2.75, 3.05) is 25.2 Å². The third-order valence-corrected chi connectivity index (χ3v) is 15.9. The first-order chi connectivity index (χ1) is 11.5. The van der Waals surface area contributed by atoms with Crippen molar-refractivity contribution in [2.45, 2.75) is 30.4 Å². The summed E-state index contributed by atoms with van der Waals surface area (Å²) in [6.07, 6.45) is 14.2. The van der Waals surface area contributed by atoms with E-state index in [4.69, 9.17) is 0 Å². The molecule has 0 aliphatic heterocycles. The molecule has 0 aliphatic carbocycles. The van der Waals surface area contributed by atoms with Gasteiger partial charge in [-0.1, -0.05) is 0 Å². The summed E-state index contributed by atoms with van der Waals surface area (Å²) in [5, 5.41) is 2.80. The summed E-state index contributed by atoms with van der Waals surface area (Å²) in [7, 11) is 0. The third kappa shape index (κ3) is 7.07. The van der Waals surface area contributed by atoms with E-state index in [9.17, 15) is 0 Å². The SMILES string of the molecule is CC[Se]CCP(C)(I)(CCc1ccncc1)CCc1ccncc1. The molecule has 0 spiro atoms. The number of aryl methyl sites for hydroxylation is 2. The Morgan fingerprint density at radius 1 is 0.875 bits per heavy atom. The molecule has 0 saturated carbocycles. The van der Waals surface area contributed by atoms with Gasteiger partial charge >= 0.3 is 167 Å². The van der Waals surface area contributed by atoms with Crippen LogP contribution in [0.1, 0.15) is 18.1 Å². The van der Waals surface area contributed by atoms with Crippen LogP contribution in [0, 0.1) is 0 Å². The van der Waals surface area contributed by atoms with Crippen LogP contribution in [-0.4, -0.2) is 50.1 Å². The van der Waals surface area contributed by atoms with Crippen LogP contribution in [-0.2, 0) is 12.8 Å². The Morgan fingerprint density at radius 2 is 1.33 bits per heavy atom. The molecule has 0 N–H and O–H groups in total. The summed E-state index contributed by atoms with van der Waals surface area (Å²) >= 11 is 3.73. The van der Waals surface area contributed by atoms with Gasteiger partial charge in [-0.25, -0.2) is 0 Å². The van der Waals surface area contributed by atoms with Gasteiger partial charge in [-0.3, -0.25) is 0 Å². The normalized spacial score (nSPS) is 13.4. The number of nitrogens with zero attached hydrogens (tertiary/aromatic N) is 2. The predicted octanol–water partition coefficient (Wildman–Crippen LogP) is 5.36. The zero-order valence-electron chi connectivity index (χ0n) is 14.7. The fourth-order valence-electron chi connectivity index (χ4n) is 2.78. The summed E-state index contributed by atoms with van der Waals surface area (Å²) in [5.41, 5.74) is 2.87. The van der Waals surface area contributed by atoms with E-state index in [1.165, 1.54) is 53.1 Å². The molecule has 2 rings (SSSR count). The second-order valence-electron chi connectivity index (χ2n) is 6.73. The average molecular weight is 521 g/mol. The monoisotopic (exact) mass is 522 g/mol. The maximum atomic E-state index is 4.15. The van der Waals surface area contributed by atoms with Gasteiger partial charge in [-0.2, -0.15) is 0 Å². The van der Waals surface area contributed by atoms with E-state index in [0.717, 1.165) is 15.0 Å². The van der Waals surface area contributed by atoms with Gasteiger partial charge in [0.1, 0.15) is 0 Å². The van der Waals surface area contributed by atoms with Crippen molar-refractivity contribution in [3.8, 4) is 0 Å². The van der Waals surface area contributed by atoms with E-state index in [1.54, 1.807) is 0 Å². The molecule has 0 bridgehead atoms. The molecule has 2 aromatic rings. The predicted molar refractivity (Wildman–Crippen MR) is 118 cm³/mol. The molecule has 0 aromatic carbocycles. The second kappa shape index (κ2) is 9.61. The Labute approximate surface area is 166 Å². The van der Waals surface area contributed by atoms with Gasteiger partial charge in [0.2, 0.25) is 0 Å². The van der Waals surface area contributed by atoms with Gasteiger partial charge in [0, 0.05) is 0 Å². The molecule has 2 heterocycles. The number of aromatic nitrogens is 2. The zero-order chi connectivity index (χ0) is 17.3. The second-order valence-corrected chi connectivity index (χ2v) is 24.3. The van der Waals surface area contributed by atoms with E-state index in [-0.39, 0.29) is 0 Å². The molecule has 5 heteroatoms. The maximum absolute atomic E-state index is 4.15. The molecule has 0 radical (unpaired) electrons. The van der Waals surface area contributed by atoms with Crippen LogP contribution >= 0.6 is 26.3 Å². The molecular formula is C19H28IN2PSe. The number of pyridine rings is 2. The molecule has 0 fully saturated rings. The molecule has 0 aliphatic rings. The number of halogens is 1. The van der Waals surface area contributed by atoms with Crippen molar-refractivity contribution < 1.29 is 0 Å². The van der Waals surface area contributed by atoms with Crippen molar-refractivity contribution in [3.05, 3.63) is 60.2 Å². The van der Waals surface area contributed by atoms with E-state index in [0.29, 0.717) is 0 Å². The molecule has 2 nitrogen and oxygen atoms in total. The number of rotatable bonds is 10. The fraction of sp³-hybridized carbons (Fsp3) is 0.474. The molecular weight excluding hydrogens is 493 g/mol. The van der Waals surface area contributed by atoms with Crippen LogP contribution < -0.4 is 0 Å². The standard InChI is InChI=1S/C19H28IN2PSe/c1-3-24-17-16-23(2,20,14-8-18-4-10-21-11-5-18)15-9-19-6-12-22-13-7-19/h4-7,10-13H,3,8-9,14-17H2,1-2H3. The molecule has 0 amide bonds. The number of hydrogen-bond acceptors (Lipinski definition) is 2. The van der Waals surface area contributed by atoms with E-state index in [2.05, 4.69) is 69.9 Å². The molecule has 0 saturated heterocycles. The van der Waals surface area contributed by atoms with Crippen LogP contribution in [0.2, 0.25) is 10.6 Å². The van der Waals surface area contributed by atoms with Crippen molar-refractivity contribution in [2.24, 2.45) is 0 Å². The van der Waals surface area contributed by atoms with Crippen LogP contribution in [0.25, 0.3) is 0 Å². The summed E-state index contributed by atoms with van der Waals surface area (Å²) in [5.74, 6) is 0. The third-order valence-electron chi connectivity index (χ3n) is 4.61. The Morgan fingerprint density at radius 3 is 1.75 bits per heavy atom. The molecule has 132 valence electrons. The van der Waals surface area contributed by atoms with Crippen molar-refractivity contribution in [3.63, 3.8) is 0 Å². The van der Waals surface area contributed by atoms with Crippen LogP contribution in [0.5, 0.6) is 0 Å². The van der Waals surface area contributed by atoms with Gasteiger partial charge in [-0.15, -0.1) is 0 Å². The fourth-order valence-corrected chi connectivity index (χ4v) is 15.0. The minimum atomic E-state index is -1.69. The zero-order valence-corrected chi connectivity index (χ0v) is 19.5. The van der Waals surface area contributed by atoms with Gasteiger partial charge in [0.05, 0.1) is 0 Å². The van der Waals surface area contributed by atoms with Gasteiger partial charge < -0.3 is 0 Å². The quantitative estimate of drug-likeness (QED) is 0.182. The summed E-state index contributed by atoms with van der Waals surface area (Å²) < 4.78 is -1.69. The van der Waals surface area contributed by atoms with Crippen LogP contribution in [0.4, 0.5) is 0 Å². The van der Waals surface area contributed by atoms with E-state index < -0.39 is 4.25 Å². The average Bonchev–Trinajstić information content (AvgIpc) is 2.61. The molecule has 2 aromatic heterocycles. The first-order valence-electron chi connectivity index (χ1n) is 8.58. The van der Waals surface area contributed by atoms with Crippen molar-refractivity contribution in [1.29, 1.82) is 0 Å². The summed E-state index contributed by atoms with van der Waals surface area (Å²) in [6, 6.07) is 8.69. The Bertz CT molecular complexity index is 560. The Hall–Kier alpha value is -0.0205. The minimum absolute atomic E-state index is 0.817.